The van der Waals surface area contributed by atoms with E-state index in [4.69, 9.17) is 4.98 Å². The van der Waals surface area contributed by atoms with Crippen LogP contribution in [0, 0.1) is 27.7 Å². The van der Waals surface area contributed by atoms with Gasteiger partial charge in [0.2, 0.25) is 0 Å². The van der Waals surface area contributed by atoms with Gasteiger partial charge in [-0.2, -0.15) is 0 Å². The molecule has 3 rings (SSSR count). The lowest BCUT2D eigenvalue weighted by Crippen LogP contribution is -2.02. The van der Waals surface area contributed by atoms with Crippen molar-refractivity contribution in [3.63, 3.8) is 0 Å². The molecule has 0 amide bonds. The molecule has 3 heteroatoms. The highest BCUT2D eigenvalue weighted by molar-refractivity contribution is 5.28. The summed E-state index contributed by atoms with van der Waals surface area (Å²) in [7, 11) is 0. The first-order valence-corrected chi connectivity index (χ1v) is 8.30. The first kappa shape index (κ1) is 16.3. The molecule has 0 aliphatic carbocycles. The lowest BCUT2D eigenvalue weighted by molar-refractivity contribution is 0.931. The molecule has 0 fully saturated rings. The van der Waals surface area contributed by atoms with E-state index in [0.717, 1.165) is 41.3 Å². The predicted octanol–water partition coefficient (Wildman–Crippen LogP) is 4.29. The summed E-state index contributed by atoms with van der Waals surface area (Å²) in [6.07, 6.45) is 3.38. The summed E-state index contributed by atoms with van der Waals surface area (Å²) in [5.41, 5.74) is 9.02. The SMILES string of the molecule is Cc1ccnc(Cc2cc(C)cc(Cc3cc(C)cc(C)n3)n2)c1. The Morgan fingerprint density at radius 1 is 0.625 bits per heavy atom. The molecule has 0 atom stereocenters. The van der Waals surface area contributed by atoms with Crippen molar-refractivity contribution in [3.8, 4) is 0 Å². The molecule has 0 radical (unpaired) electrons. The monoisotopic (exact) mass is 317 g/mol. The third kappa shape index (κ3) is 4.25. The molecule has 24 heavy (non-hydrogen) atoms. The fourth-order valence-electron chi connectivity index (χ4n) is 3.08. The number of rotatable bonds is 4. The van der Waals surface area contributed by atoms with E-state index in [1.165, 1.54) is 16.7 Å². The summed E-state index contributed by atoms with van der Waals surface area (Å²) in [4.78, 5) is 13.9. The molecule has 3 heterocycles. The summed E-state index contributed by atoms with van der Waals surface area (Å²) in [6.45, 7) is 8.35. The van der Waals surface area contributed by atoms with Gasteiger partial charge in [-0.15, -0.1) is 0 Å². The minimum Gasteiger partial charge on any atom is -0.261 e. The first-order chi connectivity index (χ1) is 11.5. The molecule has 122 valence electrons. The minimum atomic E-state index is 0.761. The topological polar surface area (TPSA) is 38.7 Å². The van der Waals surface area contributed by atoms with Gasteiger partial charge in [0.05, 0.1) is 0 Å². The van der Waals surface area contributed by atoms with Gasteiger partial charge in [0.25, 0.3) is 0 Å². The first-order valence-electron chi connectivity index (χ1n) is 8.30. The molecule has 0 saturated heterocycles. The highest BCUT2D eigenvalue weighted by Gasteiger charge is 2.06. The smallest absolute Gasteiger partial charge is 0.0469 e. The molecule has 0 saturated carbocycles. The standard InChI is InChI=1S/C21H23N3/c1-14-5-6-22-18(8-14)12-20-10-16(3)11-21(24-20)13-19-9-15(2)7-17(4)23-19/h5-11H,12-13H2,1-4H3. The fourth-order valence-corrected chi connectivity index (χ4v) is 3.08. The van der Waals surface area contributed by atoms with Gasteiger partial charge in [-0.1, -0.05) is 0 Å². The molecular formula is C21H23N3. The summed E-state index contributed by atoms with van der Waals surface area (Å²) in [5.74, 6) is 0. The highest BCUT2D eigenvalue weighted by Crippen LogP contribution is 2.14. The van der Waals surface area contributed by atoms with Gasteiger partial charge in [0, 0.05) is 47.5 Å². The van der Waals surface area contributed by atoms with Crippen LogP contribution >= 0.6 is 0 Å². The second-order valence-electron chi connectivity index (χ2n) is 6.58. The van der Waals surface area contributed by atoms with Crippen molar-refractivity contribution >= 4 is 0 Å². The zero-order valence-electron chi connectivity index (χ0n) is 14.8. The van der Waals surface area contributed by atoms with Crippen molar-refractivity contribution in [2.45, 2.75) is 40.5 Å². The van der Waals surface area contributed by atoms with Crippen molar-refractivity contribution in [3.05, 3.63) is 87.8 Å². The van der Waals surface area contributed by atoms with Crippen molar-refractivity contribution in [1.29, 1.82) is 0 Å². The van der Waals surface area contributed by atoms with E-state index >= 15 is 0 Å². The molecule has 3 nitrogen and oxygen atoms in total. The number of aryl methyl sites for hydroxylation is 4. The number of pyridine rings is 3. The Morgan fingerprint density at radius 2 is 1.17 bits per heavy atom. The molecule has 0 aliphatic heterocycles. The minimum absolute atomic E-state index is 0.761. The summed E-state index contributed by atoms with van der Waals surface area (Å²) >= 11 is 0. The Bertz CT molecular complexity index is 848. The third-order valence-electron chi connectivity index (χ3n) is 3.92. The van der Waals surface area contributed by atoms with E-state index in [2.05, 4.69) is 61.1 Å². The lowest BCUT2D eigenvalue weighted by Gasteiger charge is -2.08. The van der Waals surface area contributed by atoms with Crippen molar-refractivity contribution in [2.75, 3.05) is 0 Å². The molecule has 0 unspecified atom stereocenters. The van der Waals surface area contributed by atoms with Gasteiger partial charge in [-0.25, -0.2) is 0 Å². The Balaban J connectivity index is 1.85. The van der Waals surface area contributed by atoms with E-state index in [1.807, 2.05) is 19.2 Å². The summed E-state index contributed by atoms with van der Waals surface area (Å²) in [6, 6.07) is 12.7. The van der Waals surface area contributed by atoms with E-state index in [9.17, 15) is 0 Å². The van der Waals surface area contributed by atoms with Crippen LogP contribution in [0.1, 0.15) is 45.2 Å². The Labute approximate surface area is 143 Å². The molecule has 0 N–H and O–H groups in total. The molecule has 0 aromatic carbocycles. The zero-order valence-corrected chi connectivity index (χ0v) is 14.8. The molecular weight excluding hydrogens is 294 g/mol. The Hall–Kier alpha value is -2.55. The maximum atomic E-state index is 4.83. The van der Waals surface area contributed by atoms with Crippen LogP contribution in [0.4, 0.5) is 0 Å². The van der Waals surface area contributed by atoms with Crippen LogP contribution in [-0.4, -0.2) is 15.0 Å². The lowest BCUT2D eigenvalue weighted by atomic mass is 10.1. The largest absolute Gasteiger partial charge is 0.261 e. The van der Waals surface area contributed by atoms with Crippen molar-refractivity contribution in [2.24, 2.45) is 0 Å². The van der Waals surface area contributed by atoms with Crippen LogP contribution < -0.4 is 0 Å². The molecule has 0 spiro atoms. The van der Waals surface area contributed by atoms with Crippen molar-refractivity contribution in [1.82, 2.24) is 15.0 Å². The van der Waals surface area contributed by atoms with E-state index in [0.29, 0.717) is 0 Å². The average molecular weight is 317 g/mol. The number of nitrogens with zero attached hydrogens (tertiary/aromatic N) is 3. The van der Waals surface area contributed by atoms with Crippen LogP contribution in [0.25, 0.3) is 0 Å². The molecule has 0 bridgehead atoms. The predicted molar refractivity (Wildman–Crippen MR) is 97.3 cm³/mol. The van der Waals surface area contributed by atoms with Crippen LogP contribution in [0.2, 0.25) is 0 Å². The summed E-state index contributed by atoms with van der Waals surface area (Å²) in [5, 5.41) is 0. The molecule has 3 aromatic rings. The van der Waals surface area contributed by atoms with Crippen LogP contribution in [-0.2, 0) is 12.8 Å². The fraction of sp³-hybridized carbons (Fsp3) is 0.286. The highest BCUT2D eigenvalue weighted by atomic mass is 14.8. The van der Waals surface area contributed by atoms with E-state index < -0.39 is 0 Å². The maximum Gasteiger partial charge on any atom is 0.0469 e. The summed E-state index contributed by atoms with van der Waals surface area (Å²) < 4.78 is 0. The van der Waals surface area contributed by atoms with E-state index in [1.54, 1.807) is 0 Å². The Kier molecular flexibility index (Phi) is 4.70. The van der Waals surface area contributed by atoms with Crippen molar-refractivity contribution < 1.29 is 0 Å². The van der Waals surface area contributed by atoms with Gasteiger partial charge in [0.1, 0.15) is 0 Å². The third-order valence-corrected chi connectivity index (χ3v) is 3.92. The van der Waals surface area contributed by atoms with Gasteiger partial charge >= 0.3 is 0 Å². The quantitative estimate of drug-likeness (QED) is 0.720. The number of hydrogen-bond acceptors (Lipinski definition) is 3. The number of hydrogen-bond donors (Lipinski definition) is 0. The maximum absolute atomic E-state index is 4.83. The Morgan fingerprint density at radius 3 is 1.79 bits per heavy atom. The van der Waals surface area contributed by atoms with E-state index in [-0.39, 0.29) is 0 Å². The molecule has 0 aliphatic rings. The zero-order chi connectivity index (χ0) is 17.1. The average Bonchev–Trinajstić information content (AvgIpc) is 2.45. The van der Waals surface area contributed by atoms with Gasteiger partial charge in [-0.05, 0) is 80.8 Å². The van der Waals surface area contributed by atoms with Crippen LogP contribution in [0.5, 0.6) is 0 Å². The molecule has 3 aromatic heterocycles. The van der Waals surface area contributed by atoms with Crippen LogP contribution in [0.15, 0.2) is 42.6 Å². The normalized spacial score (nSPS) is 10.8. The van der Waals surface area contributed by atoms with Gasteiger partial charge in [0.15, 0.2) is 0 Å². The van der Waals surface area contributed by atoms with Gasteiger partial charge in [-0.3, -0.25) is 15.0 Å². The second kappa shape index (κ2) is 6.91. The van der Waals surface area contributed by atoms with Crippen LogP contribution in [0.3, 0.4) is 0 Å². The second-order valence-corrected chi connectivity index (χ2v) is 6.58. The number of aromatic nitrogens is 3. The van der Waals surface area contributed by atoms with Gasteiger partial charge < -0.3 is 0 Å².